The molecule has 2 amide bonds. The lowest BCUT2D eigenvalue weighted by Gasteiger charge is -2.22. The van der Waals surface area contributed by atoms with E-state index in [1.54, 1.807) is 0 Å². The average Bonchev–Trinajstić information content (AvgIpc) is 3.19. The Kier molecular flexibility index (Phi) is 5.43. The smallest absolute Gasteiger partial charge is 0.245 e. The van der Waals surface area contributed by atoms with E-state index in [0.29, 0.717) is 12.3 Å². The third-order valence-corrected chi connectivity index (χ3v) is 4.20. The van der Waals surface area contributed by atoms with Crippen molar-refractivity contribution in [2.75, 3.05) is 0 Å². The Morgan fingerprint density at radius 1 is 1.23 bits per heavy atom. The average molecular weight is 304 g/mol. The summed E-state index contributed by atoms with van der Waals surface area (Å²) in [5, 5.41) is 5.99. The van der Waals surface area contributed by atoms with E-state index in [-0.39, 0.29) is 17.9 Å². The SMILES string of the molecule is CC(C)C[C@@H](C)NC(=O)C1(NC(=O)CC2=CCCC=C2)CC1. The molecule has 2 N–H and O–H groups in total. The zero-order valence-electron chi connectivity index (χ0n) is 13.9. The number of carbonyl (C=O) groups is 2. The Hall–Kier alpha value is -1.58. The molecule has 0 radical (unpaired) electrons. The van der Waals surface area contributed by atoms with Gasteiger partial charge in [0.1, 0.15) is 5.54 Å². The highest BCUT2D eigenvalue weighted by Gasteiger charge is 2.51. The Morgan fingerprint density at radius 2 is 1.95 bits per heavy atom. The van der Waals surface area contributed by atoms with Gasteiger partial charge in [-0.15, -0.1) is 0 Å². The predicted octanol–water partition coefficient (Wildman–Crippen LogP) is 2.85. The fourth-order valence-corrected chi connectivity index (χ4v) is 2.96. The summed E-state index contributed by atoms with van der Waals surface area (Å²) < 4.78 is 0. The van der Waals surface area contributed by atoms with Crippen LogP contribution in [0.3, 0.4) is 0 Å². The van der Waals surface area contributed by atoms with E-state index in [1.165, 1.54) is 0 Å². The van der Waals surface area contributed by atoms with Crippen LogP contribution in [0, 0.1) is 5.92 Å². The molecule has 122 valence electrons. The van der Waals surface area contributed by atoms with E-state index in [1.807, 2.05) is 13.0 Å². The molecule has 2 aliphatic carbocycles. The molecule has 0 aliphatic heterocycles. The Labute approximate surface area is 133 Å². The molecule has 4 heteroatoms. The molecule has 1 atom stereocenters. The van der Waals surface area contributed by atoms with Gasteiger partial charge >= 0.3 is 0 Å². The number of hydrogen-bond donors (Lipinski definition) is 2. The Balaban J connectivity index is 1.83. The van der Waals surface area contributed by atoms with Crippen LogP contribution >= 0.6 is 0 Å². The lowest BCUT2D eigenvalue weighted by atomic mass is 10.0. The number of hydrogen-bond acceptors (Lipinski definition) is 2. The zero-order chi connectivity index (χ0) is 16.2. The first-order chi connectivity index (χ1) is 10.4. The number of amides is 2. The molecular formula is C18H28N2O2. The fourth-order valence-electron chi connectivity index (χ4n) is 2.96. The summed E-state index contributed by atoms with van der Waals surface area (Å²) in [6.45, 7) is 6.30. The van der Waals surface area contributed by atoms with Crippen LogP contribution in [-0.2, 0) is 9.59 Å². The fraction of sp³-hybridized carbons (Fsp3) is 0.667. The molecule has 0 unspecified atom stereocenters. The van der Waals surface area contributed by atoms with E-state index in [9.17, 15) is 9.59 Å². The van der Waals surface area contributed by atoms with Crippen LogP contribution in [0.25, 0.3) is 0 Å². The second-order valence-corrected chi connectivity index (χ2v) is 7.07. The van der Waals surface area contributed by atoms with Crippen molar-refractivity contribution in [3.8, 4) is 0 Å². The molecule has 0 aromatic carbocycles. The summed E-state index contributed by atoms with van der Waals surface area (Å²) in [5.74, 6) is 0.467. The standard InChI is InChI=1S/C18H28N2O2/c1-13(2)11-14(3)19-17(22)18(9-10-18)20-16(21)12-15-7-5-4-6-8-15/h5,7-8,13-14H,4,6,9-12H2,1-3H3,(H,19,22)(H,20,21)/t14-/m1/s1. The predicted molar refractivity (Wildman–Crippen MR) is 88.2 cm³/mol. The van der Waals surface area contributed by atoms with E-state index in [2.05, 4.69) is 36.6 Å². The molecule has 1 fully saturated rings. The second-order valence-electron chi connectivity index (χ2n) is 7.07. The summed E-state index contributed by atoms with van der Waals surface area (Å²) in [4.78, 5) is 24.6. The van der Waals surface area contributed by atoms with Crippen molar-refractivity contribution in [3.05, 3.63) is 23.8 Å². The molecule has 2 rings (SSSR count). The molecule has 1 saturated carbocycles. The zero-order valence-corrected chi connectivity index (χ0v) is 13.9. The number of carbonyl (C=O) groups excluding carboxylic acids is 2. The van der Waals surface area contributed by atoms with Crippen molar-refractivity contribution in [1.82, 2.24) is 10.6 Å². The third-order valence-electron chi connectivity index (χ3n) is 4.20. The Morgan fingerprint density at radius 3 is 2.50 bits per heavy atom. The summed E-state index contributed by atoms with van der Waals surface area (Å²) in [6.07, 6.45) is 11.1. The van der Waals surface area contributed by atoms with Crippen LogP contribution in [0.1, 0.15) is 59.3 Å². The highest BCUT2D eigenvalue weighted by molar-refractivity contribution is 5.94. The van der Waals surface area contributed by atoms with Crippen LogP contribution in [0.4, 0.5) is 0 Å². The quantitative estimate of drug-likeness (QED) is 0.760. The van der Waals surface area contributed by atoms with Crippen LogP contribution in [0.2, 0.25) is 0 Å². The normalized spacial score (nSPS) is 20.3. The van der Waals surface area contributed by atoms with Crippen LogP contribution in [0.5, 0.6) is 0 Å². The summed E-state index contributed by atoms with van der Waals surface area (Å²) >= 11 is 0. The third kappa shape index (κ3) is 4.72. The van der Waals surface area contributed by atoms with Gasteiger partial charge in [0.25, 0.3) is 0 Å². The number of nitrogens with one attached hydrogen (secondary N) is 2. The van der Waals surface area contributed by atoms with Gasteiger partial charge in [-0.2, -0.15) is 0 Å². The summed E-state index contributed by atoms with van der Waals surface area (Å²) in [7, 11) is 0. The molecule has 0 bridgehead atoms. The highest BCUT2D eigenvalue weighted by Crippen LogP contribution is 2.36. The summed E-state index contributed by atoms with van der Waals surface area (Å²) in [5.41, 5.74) is 0.398. The van der Waals surface area contributed by atoms with Crippen molar-refractivity contribution >= 4 is 11.8 Å². The van der Waals surface area contributed by atoms with Crippen molar-refractivity contribution in [3.63, 3.8) is 0 Å². The molecule has 0 aromatic rings. The van der Waals surface area contributed by atoms with Crippen LogP contribution in [0.15, 0.2) is 23.8 Å². The molecule has 2 aliphatic rings. The van der Waals surface area contributed by atoms with Gasteiger partial charge in [-0.1, -0.05) is 32.1 Å². The lowest BCUT2D eigenvalue weighted by Crippen LogP contribution is -2.51. The van der Waals surface area contributed by atoms with E-state index in [4.69, 9.17) is 0 Å². The lowest BCUT2D eigenvalue weighted by molar-refractivity contribution is -0.130. The van der Waals surface area contributed by atoms with Crippen molar-refractivity contribution < 1.29 is 9.59 Å². The molecule has 0 spiro atoms. The second kappa shape index (κ2) is 7.12. The van der Waals surface area contributed by atoms with Crippen molar-refractivity contribution in [2.24, 2.45) is 5.92 Å². The van der Waals surface area contributed by atoms with Gasteiger partial charge in [-0.25, -0.2) is 0 Å². The maximum absolute atomic E-state index is 12.4. The van der Waals surface area contributed by atoms with Gasteiger partial charge in [0.2, 0.25) is 11.8 Å². The molecule has 0 aromatic heterocycles. The minimum absolute atomic E-state index is 0.0258. The first kappa shape index (κ1) is 16.8. The van der Waals surface area contributed by atoms with Gasteiger partial charge in [0, 0.05) is 6.04 Å². The maximum Gasteiger partial charge on any atom is 0.245 e. The van der Waals surface area contributed by atoms with E-state index >= 15 is 0 Å². The number of allylic oxidation sites excluding steroid dienone is 3. The first-order valence-electron chi connectivity index (χ1n) is 8.39. The topological polar surface area (TPSA) is 58.2 Å². The molecule has 22 heavy (non-hydrogen) atoms. The summed E-state index contributed by atoms with van der Waals surface area (Å²) in [6, 6.07) is 0.144. The minimum Gasteiger partial charge on any atom is -0.352 e. The van der Waals surface area contributed by atoms with Gasteiger partial charge < -0.3 is 10.6 Å². The molecule has 0 heterocycles. The molecule has 0 saturated heterocycles. The maximum atomic E-state index is 12.4. The Bertz CT molecular complexity index is 487. The van der Waals surface area contributed by atoms with Gasteiger partial charge in [-0.05, 0) is 50.5 Å². The van der Waals surface area contributed by atoms with Gasteiger partial charge in [-0.3, -0.25) is 9.59 Å². The molecular weight excluding hydrogens is 276 g/mol. The first-order valence-corrected chi connectivity index (χ1v) is 8.39. The monoisotopic (exact) mass is 304 g/mol. The van der Waals surface area contributed by atoms with Crippen molar-refractivity contribution in [2.45, 2.75) is 70.9 Å². The highest BCUT2D eigenvalue weighted by atomic mass is 16.2. The minimum atomic E-state index is -0.652. The van der Waals surface area contributed by atoms with Crippen molar-refractivity contribution in [1.29, 1.82) is 0 Å². The van der Waals surface area contributed by atoms with Crippen LogP contribution in [-0.4, -0.2) is 23.4 Å². The van der Waals surface area contributed by atoms with E-state index in [0.717, 1.165) is 37.7 Å². The number of rotatable bonds is 7. The van der Waals surface area contributed by atoms with E-state index < -0.39 is 5.54 Å². The van der Waals surface area contributed by atoms with Crippen LogP contribution < -0.4 is 10.6 Å². The van der Waals surface area contributed by atoms with Gasteiger partial charge in [0.05, 0.1) is 6.42 Å². The molecule has 4 nitrogen and oxygen atoms in total. The van der Waals surface area contributed by atoms with Gasteiger partial charge in [0.15, 0.2) is 0 Å². The largest absolute Gasteiger partial charge is 0.352 e.